The van der Waals surface area contributed by atoms with E-state index in [9.17, 15) is 17.2 Å². The summed E-state index contributed by atoms with van der Waals surface area (Å²) in [4.78, 5) is 9.97. The Morgan fingerprint density at radius 2 is 1.70 bits per heavy atom. The number of hydrogen-bond acceptors (Lipinski definition) is 5. The van der Waals surface area contributed by atoms with Crippen LogP contribution in [0.2, 0.25) is 0 Å². The van der Waals surface area contributed by atoms with Crippen molar-refractivity contribution in [3.05, 3.63) is 72.1 Å². The molecule has 156 valence electrons. The van der Waals surface area contributed by atoms with Gasteiger partial charge in [0, 0.05) is 37.8 Å². The van der Waals surface area contributed by atoms with Gasteiger partial charge in [-0.05, 0) is 31.2 Å². The third-order valence-electron chi connectivity index (χ3n) is 5.04. The van der Waals surface area contributed by atoms with Crippen molar-refractivity contribution in [1.29, 1.82) is 0 Å². The quantitative estimate of drug-likeness (QED) is 0.636. The second kappa shape index (κ2) is 8.08. The molecule has 1 aromatic heterocycles. The van der Waals surface area contributed by atoms with Crippen LogP contribution in [0, 0.1) is 18.6 Å². The zero-order valence-electron chi connectivity index (χ0n) is 16.3. The highest BCUT2D eigenvalue weighted by atomic mass is 32.2. The molecule has 1 aliphatic rings. The summed E-state index contributed by atoms with van der Waals surface area (Å²) in [6.45, 7) is 3.04. The summed E-state index contributed by atoms with van der Waals surface area (Å²) in [5.41, 5.74) is 2.87. The van der Waals surface area contributed by atoms with Crippen LogP contribution in [0.25, 0.3) is 11.3 Å². The lowest BCUT2D eigenvalue weighted by atomic mass is 10.1. The molecule has 30 heavy (non-hydrogen) atoms. The molecular formula is C21H20F2N4O2S. The second-order valence-corrected chi connectivity index (χ2v) is 9.00. The van der Waals surface area contributed by atoms with Gasteiger partial charge in [-0.1, -0.05) is 23.8 Å². The Bertz CT molecular complexity index is 1180. The molecule has 2 aromatic carbocycles. The number of hydrogen-bond donors (Lipinski definition) is 0. The summed E-state index contributed by atoms with van der Waals surface area (Å²) in [6.07, 6.45) is 1.48. The smallest absolute Gasteiger partial charge is 0.246 e. The molecule has 0 amide bonds. The van der Waals surface area contributed by atoms with E-state index in [0.717, 1.165) is 35.0 Å². The maximum atomic E-state index is 14.0. The van der Waals surface area contributed by atoms with Crippen molar-refractivity contribution >= 4 is 15.8 Å². The Labute approximate surface area is 173 Å². The van der Waals surface area contributed by atoms with Gasteiger partial charge in [0.25, 0.3) is 0 Å². The predicted octanol–water partition coefficient (Wildman–Crippen LogP) is 3.24. The van der Waals surface area contributed by atoms with E-state index in [1.54, 1.807) is 0 Å². The summed E-state index contributed by atoms with van der Waals surface area (Å²) in [5, 5.41) is 0. The first-order chi connectivity index (χ1) is 14.3. The summed E-state index contributed by atoms with van der Waals surface area (Å²) < 4.78 is 54.1. The lowest BCUT2D eigenvalue weighted by Gasteiger charge is -2.34. The minimum atomic E-state index is -4.12. The molecule has 0 spiro atoms. The number of anilines is 1. The molecule has 0 radical (unpaired) electrons. The van der Waals surface area contributed by atoms with Gasteiger partial charge in [0.15, 0.2) is 0 Å². The Balaban J connectivity index is 1.51. The fraction of sp³-hybridized carbons (Fsp3) is 0.238. The fourth-order valence-corrected chi connectivity index (χ4v) is 4.95. The number of nitrogens with zero attached hydrogens (tertiary/aromatic N) is 4. The predicted molar refractivity (Wildman–Crippen MR) is 110 cm³/mol. The molecule has 0 saturated carbocycles. The minimum absolute atomic E-state index is 0.141. The minimum Gasteiger partial charge on any atom is -0.354 e. The number of sulfonamides is 1. The van der Waals surface area contributed by atoms with E-state index in [0.29, 0.717) is 18.9 Å². The number of halogens is 2. The Morgan fingerprint density at radius 1 is 0.933 bits per heavy atom. The fourth-order valence-electron chi connectivity index (χ4n) is 3.45. The highest BCUT2D eigenvalue weighted by Gasteiger charge is 2.31. The molecule has 4 rings (SSSR count). The molecule has 0 N–H and O–H groups in total. The van der Waals surface area contributed by atoms with E-state index in [1.165, 1.54) is 10.6 Å². The number of rotatable bonds is 4. The van der Waals surface area contributed by atoms with E-state index in [1.807, 2.05) is 42.2 Å². The molecule has 9 heteroatoms. The van der Waals surface area contributed by atoms with E-state index in [-0.39, 0.29) is 13.1 Å². The van der Waals surface area contributed by atoms with Gasteiger partial charge < -0.3 is 4.90 Å². The topological polar surface area (TPSA) is 66.4 Å². The molecule has 0 atom stereocenters. The van der Waals surface area contributed by atoms with Crippen LogP contribution in [0.3, 0.4) is 0 Å². The van der Waals surface area contributed by atoms with E-state index >= 15 is 0 Å². The number of piperazine rings is 1. The lowest BCUT2D eigenvalue weighted by Crippen LogP contribution is -2.49. The molecule has 6 nitrogen and oxygen atoms in total. The van der Waals surface area contributed by atoms with Crippen molar-refractivity contribution in [3.8, 4) is 11.3 Å². The van der Waals surface area contributed by atoms with Crippen LogP contribution in [0.4, 0.5) is 14.6 Å². The van der Waals surface area contributed by atoms with Crippen molar-refractivity contribution < 1.29 is 17.2 Å². The largest absolute Gasteiger partial charge is 0.354 e. The Morgan fingerprint density at radius 3 is 2.43 bits per heavy atom. The van der Waals surface area contributed by atoms with Crippen LogP contribution >= 0.6 is 0 Å². The molecular weight excluding hydrogens is 410 g/mol. The van der Waals surface area contributed by atoms with Crippen LogP contribution in [-0.4, -0.2) is 48.9 Å². The number of aryl methyl sites for hydroxylation is 1. The Kier molecular flexibility index (Phi) is 5.48. The molecule has 1 saturated heterocycles. The highest BCUT2D eigenvalue weighted by molar-refractivity contribution is 7.89. The van der Waals surface area contributed by atoms with Crippen molar-refractivity contribution in [2.75, 3.05) is 31.1 Å². The van der Waals surface area contributed by atoms with Gasteiger partial charge in [-0.15, -0.1) is 0 Å². The van der Waals surface area contributed by atoms with Gasteiger partial charge in [-0.2, -0.15) is 4.31 Å². The SMILES string of the molecule is Cc1cccc(-c2cc(N3CCN(S(=O)(=O)c4cc(F)ccc4F)CC3)ncn2)c1. The summed E-state index contributed by atoms with van der Waals surface area (Å²) in [6, 6.07) is 12.3. The van der Waals surface area contributed by atoms with Gasteiger partial charge >= 0.3 is 0 Å². The number of aromatic nitrogens is 2. The summed E-state index contributed by atoms with van der Waals surface area (Å²) in [5.74, 6) is -1.06. The van der Waals surface area contributed by atoms with Crippen LogP contribution < -0.4 is 4.90 Å². The van der Waals surface area contributed by atoms with Crippen LogP contribution in [-0.2, 0) is 10.0 Å². The van der Waals surface area contributed by atoms with E-state index in [4.69, 9.17) is 0 Å². The van der Waals surface area contributed by atoms with Crippen molar-refractivity contribution in [1.82, 2.24) is 14.3 Å². The monoisotopic (exact) mass is 430 g/mol. The van der Waals surface area contributed by atoms with Gasteiger partial charge in [0.2, 0.25) is 10.0 Å². The van der Waals surface area contributed by atoms with Crippen LogP contribution in [0.15, 0.2) is 59.8 Å². The average Bonchev–Trinajstić information content (AvgIpc) is 2.75. The maximum Gasteiger partial charge on any atom is 0.246 e. The van der Waals surface area contributed by atoms with Crippen molar-refractivity contribution in [3.63, 3.8) is 0 Å². The Hall–Kier alpha value is -2.91. The molecule has 3 aromatic rings. The molecule has 0 unspecified atom stereocenters. The maximum absolute atomic E-state index is 14.0. The molecule has 2 heterocycles. The van der Waals surface area contributed by atoms with Crippen LogP contribution in [0.5, 0.6) is 0 Å². The third kappa shape index (κ3) is 4.03. The molecule has 0 bridgehead atoms. The lowest BCUT2D eigenvalue weighted by molar-refractivity contribution is 0.381. The van der Waals surface area contributed by atoms with E-state index < -0.39 is 26.6 Å². The average molecular weight is 430 g/mol. The van der Waals surface area contributed by atoms with Gasteiger partial charge in [-0.3, -0.25) is 0 Å². The second-order valence-electron chi connectivity index (χ2n) is 7.10. The van der Waals surface area contributed by atoms with E-state index in [2.05, 4.69) is 9.97 Å². The first-order valence-corrected chi connectivity index (χ1v) is 10.9. The first kappa shape index (κ1) is 20.4. The van der Waals surface area contributed by atoms with Gasteiger partial charge in [0.05, 0.1) is 5.69 Å². The summed E-state index contributed by atoms with van der Waals surface area (Å²) in [7, 11) is -4.12. The van der Waals surface area contributed by atoms with Gasteiger partial charge in [-0.25, -0.2) is 27.2 Å². The van der Waals surface area contributed by atoms with Crippen molar-refractivity contribution in [2.45, 2.75) is 11.8 Å². The number of benzene rings is 2. The highest BCUT2D eigenvalue weighted by Crippen LogP contribution is 2.25. The molecule has 1 fully saturated rings. The van der Waals surface area contributed by atoms with Crippen molar-refractivity contribution in [2.24, 2.45) is 0 Å². The normalized spacial score (nSPS) is 15.4. The zero-order valence-corrected chi connectivity index (χ0v) is 17.1. The third-order valence-corrected chi connectivity index (χ3v) is 6.95. The van der Waals surface area contributed by atoms with Gasteiger partial charge in [0.1, 0.15) is 28.7 Å². The van der Waals surface area contributed by atoms with Crippen LogP contribution in [0.1, 0.15) is 5.56 Å². The summed E-state index contributed by atoms with van der Waals surface area (Å²) >= 11 is 0. The molecule has 1 aliphatic heterocycles. The zero-order chi connectivity index (χ0) is 21.3. The standard InChI is InChI=1S/C21H20F2N4O2S/c1-15-3-2-4-16(11-15)19-13-21(25-14-24-19)26-7-9-27(10-8-26)30(28,29)20-12-17(22)5-6-18(20)23/h2-6,11-14H,7-10H2,1H3. The first-order valence-electron chi connectivity index (χ1n) is 9.44. The molecule has 0 aliphatic carbocycles.